The van der Waals surface area contributed by atoms with E-state index in [1.165, 1.54) is 7.11 Å². The lowest BCUT2D eigenvalue weighted by Gasteiger charge is -2.28. The molecule has 1 aromatic heterocycles. The van der Waals surface area contributed by atoms with Gasteiger partial charge in [0.1, 0.15) is 6.04 Å². The minimum Gasteiger partial charge on any atom is -0.467 e. The molecule has 0 aliphatic heterocycles. The fourth-order valence-electron chi connectivity index (χ4n) is 2.90. The van der Waals surface area contributed by atoms with Crippen LogP contribution in [0.2, 0.25) is 5.02 Å². The van der Waals surface area contributed by atoms with Crippen LogP contribution in [0.15, 0.2) is 18.2 Å². The van der Waals surface area contributed by atoms with Gasteiger partial charge in [0.15, 0.2) is 5.69 Å². The maximum Gasteiger partial charge on any atom is 0.328 e. The number of carbonyl (C=O) groups is 2. The molecule has 0 radical (unpaired) electrons. The van der Waals surface area contributed by atoms with E-state index < -0.39 is 23.3 Å². The lowest BCUT2D eigenvalue weighted by molar-refractivity contribution is -0.145. The van der Waals surface area contributed by atoms with Crippen LogP contribution >= 0.6 is 11.6 Å². The molecular weight excluding hydrogens is 380 g/mol. The molecule has 7 nitrogen and oxygen atoms in total. The normalized spacial score (nSPS) is 12.4. The number of aromatic nitrogens is 2. The standard InChI is InChI=1S/C20H25ClN4O3/c1-20(2,3)17(19(27)28-4)23-18(26)16-14-12-13(21)8-9-15(14)25(24-16)11-7-5-6-10-22/h8-9,12,17H,5-7,11H2,1-4H3,(H,23,26)/t17-/m1/s1. The number of nitriles is 1. The van der Waals surface area contributed by atoms with E-state index in [9.17, 15) is 9.59 Å². The largest absolute Gasteiger partial charge is 0.467 e. The number of esters is 1. The van der Waals surface area contributed by atoms with Crippen molar-refractivity contribution in [1.82, 2.24) is 15.1 Å². The molecule has 0 aliphatic rings. The molecule has 28 heavy (non-hydrogen) atoms. The van der Waals surface area contributed by atoms with Crippen LogP contribution in [-0.2, 0) is 16.1 Å². The Morgan fingerprint density at radius 1 is 1.36 bits per heavy atom. The number of hydrogen-bond donors (Lipinski definition) is 1. The summed E-state index contributed by atoms with van der Waals surface area (Å²) in [5, 5.41) is 17.0. The number of hydrogen-bond acceptors (Lipinski definition) is 5. The zero-order chi connectivity index (χ0) is 20.9. The lowest BCUT2D eigenvalue weighted by atomic mass is 9.86. The smallest absolute Gasteiger partial charge is 0.328 e. The Bertz CT molecular complexity index is 909. The molecule has 8 heteroatoms. The number of halogens is 1. The average Bonchev–Trinajstić information content (AvgIpc) is 2.99. The van der Waals surface area contributed by atoms with E-state index >= 15 is 0 Å². The summed E-state index contributed by atoms with van der Waals surface area (Å²) in [6.07, 6.45) is 1.99. The summed E-state index contributed by atoms with van der Waals surface area (Å²) in [6, 6.07) is 6.54. The van der Waals surface area contributed by atoms with Gasteiger partial charge in [0, 0.05) is 23.4 Å². The topological polar surface area (TPSA) is 97.0 Å². The van der Waals surface area contributed by atoms with Crippen LogP contribution in [-0.4, -0.2) is 34.8 Å². The van der Waals surface area contributed by atoms with Crippen molar-refractivity contribution >= 4 is 34.4 Å². The van der Waals surface area contributed by atoms with E-state index in [4.69, 9.17) is 21.6 Å². The molecule has 0 saturated carbocycles. The monoisotopic (exact) mass is 404 g/mol. The third-order valence-corrected chi connectivity index (χ3v) is 4.65. The Morgan fingerprint density at radius 3 is 2.68 bits per heavy atom. The number of amides is 1. The highest BCUT2D eigenvalue weighted by Crippen LogP contribution is 2.25. The Morgan fingerprint density at radius 2 is 2.07 bits per heavy atom. The second-order valence-corrected chi connectivity index (χ2v) is 8.08. The number of nitrogens with one attached hydrogen (secondary N) is 1. The number of methoxy groups -OCH3 is 1. The fourth-order valence-corrected chi connectivity index (χ4v) is 3.07. The van der Waals surface area contributed by atoms with Gasteiger partial charge in [-0.15, -0.1) is 0 Å². The predicted octanol–water partition coefficient (Wildman–Crippen LogP) is 3.70. The number of carbonyl (C=O) groups excluding carboxylic acids is 2. The fraction of sp³-hybridized carbons (Fsp3) is 0.500. The van der Waals surface area contributed by atoms with Gasteiger partial charge in [-0.3, -0.25) is 9.48 Å². The molecule has 0 aliphatic carbocycles. The summed E-state index contributed by atoms with van der Waals surface area (Å²) >= 11 is 6.12. The summed E-state index contributed by atoms with van der Waals surface area (Å²) < 4.78 is 6.58. The van der Waals surface area contributed by atoms with E-state index in [-0.39, 0.29) is 5.69 Å². The summed E-state index contributed by atoms with van der Waals surface area (Å²) in [4.78, 5) is 25.1. The van der Waals surface area contributed by atoms with Gasteiger partial charge in [0.05, 0.1) is 18.7 Å². The van der Waals surface area contributed by atoms with Gasteiger partial charge in [-0.1, -0.05) is 32.4 Å². The molecule has 0 saturated heterocycles. The molecule has 1 amide bonds. The first-order chi connectivity index (χ1) is 13.2. The maximum atomic E-state index is 13.0. The lowest BCUT2D eigenvalue weighted by Crippen LogP contribution is -2.49. The molecule has 0 fully saturated rings. The Kier molecular flexibility index (Phi) is 7.03. The predicted molar refractivity (Wildman–Crippen MR) is 107 cm³/mol. The van der Waals surface area contributed by atoms with Crippen LogP contribution in [0.4, 0.5) is 0 Å². The van der Waals surface area contributed by atoms with Gasteiger partial charge < -0.3 is 10.1 Å². The van der Waals surface area contributed by atoms with Gasteiger partial charge in [-0.25, -0.2) is 4.79 Å². The molecule has 0 bridgehead atoms. The Labute approximate surface area is 169 Å². The number of fused-ring (bicyclic) bond motifs is 1. The van der Waals surface area contributed by atoms with Gasteiger partial charge >= 0.3 is 5.97 Å². The van der Waals surface area contributed by atoms with Crippen molar-refractivity contribution in [2.45, 2.75) is 52.6 Å². The minimum atomic E-state index is -0.819. The average molecular weight is 405 g/mol. The molecule has 0 spiro atoms. The minimum absolute atomic E-state index is 0.205. The highest BCUT2D eigenvalue weighted by atomic mass is 35.5. The van der Waals surface area contributed by atoms with Crippen molar-refractivity contribution in [2.75, 3.05) is 7.11 Å². The van der Waals surface area contributed by atoms with E-state index in [1.54, 1.807) is 16.8 Å². The zero-order valence-corrected chi connectivity index (χ0v) is 17.3. The molecule has 2 aromatic rings. The molecular formula is C20H25ClN4O3. The molecule has 1 heterocycles. The molecule has 1 atom stereocenters. The van der Waals surface area contributed by atoms with Crippen LogP contribution in [0.1, 0.15) is 50.5 Å². The van der Waals surface area contributed by atoms with E-state index in [2.05, 4.69) is 16.5 Å². The summed E-state index contributed by atoms with van der Waals surface area (Å²) in [5.41, 5.74) is 0.448. The zero-order valence-electron chi connectivity index (χ0n) is 16.6. The molecule has 2 rings (SSSR count). The number of ether oxygens (including phenoxy) is 1. The Hall–Kier alpha value is -2.59. The van der Waals surface area contributed by atoms with Gasteiger partial charge in [-0.2, -0.15) is 10.4 Å². The van der Waals surface area contributed by atoms with E-state index in [1.807, 2.05) is 26.8 Å². The second kappa shape index (κ2) is 9.07. The van der Waals surface area contributed by atoms with Crippen molar-refractivity contribution < 1.29 is 14.3 Å². The van der Waals surface area contributed by atoms with Crippen LogP contribution in [0.5, 0.6) is 0 Å². The summed E-state index contributed by atoms with van der Waals surface area (Å²) in [6.45, 7) is 6.11. The van der Waals surface area contributed by atoms with Crippen molar-refractivity contribution in [3.63, 3.8) is 0 Å². The van der Waals surface area contributed by atoms with Gasteiger partial charge in [0.2, 0.25) is 0 Å². The molecule has 150 valence electrons. The van der Waals surface area contributed by atoms with Gasteiger partial charge in [0.25, 0.3) is 5.91 Å². The van der Waals surface area contributed by atoms with Crippen LogP contribution in [0.25, 0.3) is 10.9 Å². The molecule has 1 aromatic carbocycles. The number of aryl methyl sites for hydroxylation is 1. The van der Waals surface area contributed by atoms with Crippen molar-refractivity contribution in [3.05, 3.63) is 28.9 Å². The highest BCUT2D eigenvalue weighted by Gasteiger charge is 2.34. The first-order valence-electron chi connectivity index (χ1n) is 9.10. The van der Waals surface area contributed by atoms with Crippen LogP contribution in [0, 0.1) is 16.7 Å². The third kappa shape index (κ3) is 5.02. The first-order valence-corrected chi connectivity index (χ1v) is 9.48. The molecule has 0 unspecified atom stereocenters. The second-order valence-electron chi connectivity index (χ2n) is 7.64. The van der Waals surface area contributed by atoms with E-state index in [0.717, 1.165) is 18.4 Å². The van der Waals surface area contributed by atoms with Gasteiger partial charge in [-0.05, 0) is 36.5 Å². The number of rotatable bonds is 7. The number of nitrogens with zero attached hydrogens (tertiary/aromatic N) is 3. The van der Waals surface area contributed by atoms with Crippen molar-refractivity contribution in [3.8, 4) is 6.07 Å². The number of benzene rings is 1. The Balaban J connectivity index is 2.36. The summed E-state index contributed by atoms with van der Waals surface area (Å²) in [7, 11) is 1.29. The van der Waals surface area contributed by atoms with Crippen LogP contribution in [0.3, 0.4) is 0 Å². The maximum absolute atomic E-state index is 13.0. The van der Waals surface area contributed by atoms with E-state index in [0.29, 0.717) is 23.4 Å². The third-order valence-electron chi connectivity index (χ3n) is 4.41. The van der Waals surface area contributed by atoms with Crippen molar-refractivity contribution in [2.24, 2.45) is 5.41 Å². The highest BCUT2D eigenvalue weighted by molar-refractivity contribution is 6.31. The quantitative estimate of drug-likeness (QED) is 0.560. The summed E-state index contributed by atoms with van der Waals surface area (Å²) in [5.74, 6) is -0.979. The molecule has 1 N–H and O–H groups in total. The number of unbranched alkanes of at least 4 members (excludes halogenated alkanes) is 2. The van der Waals surface area contributed by atoms with Crippen molar-refractivity contribution in [1.29, 1.82) is 5.26 Å². The SMILES string of the molecule is COC(=O)[C@@H](NC(=O)c1nn(CCCCC#N)c2ccc(Cl)cc12)C(C)(C)C. The van der Waals surface area contributed by atoms with Crippen LogP contribution < -0.4 is 5.32 Å². The first kappa shape index (κ1) is 21.7.